The lowest BCUT2D eigenvalue weighted by atomic mass is 10.1. The molecule has 1 aliphatic rings. The minimum atomic E-state index is 0.00143. The van der Waals surface area contributed by atoms with Crippen molar-refractivity contribution in [2.75, 3.05) is 0 Å². The van der Waals surface area contributed by atoms with Gasteiger partial charge in [0.25, 0.3) is 0 Å². The summed E-state index contributed by atoms with van der Waals surface area (Å²) in [5.41, 5.74) is 9.67. The van der Waals surface area contributed by atoms with E-state index in [1.165, 1.54) is 24.0 Å². The third-order valence-electron chi connectivity index (χ3n) is 3.58. The summed E-state index contributed by atoms with van der Waals surface area (Å²) in [6.45, 7) is 1.94. The van der Waals surface area contributed by atoms with Crippen LogP contribution in [0.4, 0.5) is 0 Å². The molecule has 1 aliphatic carbocycles. The van der Waals surface area contributed by atoms with Gasteiger partial charge in [0.2, 0.25) is 5.88 Å². The Hall–Kier alpha value is -1.87. The third-order valence-corrected chi connectivity index (χ3v) is 3.58. The number of rotatable bonds is 3. The topological polar surface area (TPSA) is 48.1 Å². The fraction of sp³-hybridized carbons (Fsp3) is 0.312. The number of nitrogens with zero attached hydrogens (tertiary/aromatic N) is 1. The van der Waals surface area contributed by atoms with Crippen LogP contribution in [0.15, 0.2) is 36.5 Å². The SMILES string of the molecule is C[C@@H](N)c1ccc(Oc2ccc3c(c2)CCC3)nc1. The molecule has 1 aromatic carbocycles. The molecule has 1 atom stereocenters. The number of hydrogen-bond acceptors (Lipinski definition) is 3. The minimum Gasteiger partial charge on any atom is -0.439 e. The second kappa shape index (κ2) is 5.02. The zero-order chi connectivity index (χ0) is 13.2. The van der Waals surface area contributed by atoms with Gasteiger partial charge in [-0.2, -0.15) is 0 Å². The quantitative estimate of drug-likeness (QED) is 0.913. The molecule has 3 nitrogen and oxygen atoms in total. The smallest absolute Gasteiger partial charge is 0.219 e. The zero-order valence-electron chi connectivity index (χ0n) is 11.1. The van der Waals surface area contributed by atoms with Crippen molar-refractivity contribution in [1.82, 2.24) is 4.98 Å². The van der Waals surface area contributed by atoms with Crippen molar-refractivity contribution in [1.29, 1.82) is 0 Å². The summed E-state index contributed by atoms with van der Waals surface area (Å²) in [5.74, 6) is 1.48. The molecule has 2 aromatic rings. The number of benzene rings is 1. The molecule has 0 fully saturated rings. The Morgan fingerprint density at radius 3 is 2.74 bits per heavy atom. The first-order valence-electron chi connectivity index (χ1n) is 6.73. The Morgan fingerprint density at radius 1 is 1.16 bits per heavy atom. The van der Waals surface area contributed by atoms with Crippen molar-refractivity contribution in [3.63, 3.8) is 0 Å². The third kappa shape index (κ3) is 2.61. The van der Waals surface area contributed by atoms with Crippen LogP contribution in [-0.4, -0.2) is 4.98 Å². The van der Waals surface area contributed by atoms with Crippen LogP contribution in [0.25, 0.3) is 0 Å². The van der Waals surface area contributed by atoms with Gasteiger partial charge >= 0.3 is 0 Å². The summed E-state index contributed by atoms with van der Waals surface area (Å²) in [5, 5.41) is 0. The van der Waals surface area contributed by atoms with Gasteiger partial charge < -0.3 is 10.5 Å². The molecule has 0 amide bonds. The summed E-state index contributed by atoms with van der Waals surface area (Å²) in [6, 6.07) is 10.1. The molecule has 0 bridgehead atoms. The molecule has 1 aromatic heterocycles. The van der Waals surface area contributed by atoms with Gasteiger partial charge in [-0.05, 0) is 55.0 Å². The van der Waals surface area contributed by atoms with Crippen molar-refractivity contribution in [2.45, 2.75) is 32.2 Å². The van der Waals surface area contributed by atoms with E-state index in [0.717, 1.165) is 17.7 Å². The Labute approximate surface area is 113 Å². The molecule has 1 heterocycles. The molecular formula is C16H18N2O. The molecule has 19 heavy (non-hydrogen) atoms. The summed E-state index contributed by atoms with van der Waals surface area (Å²) in [7, 11) is 0. The fourth-order valence-electron chi connectivity index (χ4n) is 2.45. The molecule has 3 heteroatoms. The van der Waals surface area contributed by atoms with E-state index in [-0.39, 0.29) is 6.04 Å². The van der Waals surface area contributed by atoms with Crippen LogP contribution >= 0.6 is 0 Å². The van der Waals surface area contributed by atoms with Gasteiger partial charge in [-0.25, -0.2) is 4.98 Å². The van der Waals surface area contributed by atoms with Crippen LogP contribution in [0.3, 0.4) is 0 Å². The summed E-state index contributed by atoms with van der Waals surface area (Å²) in [6.07, 6.45) is 5.37. The van der Waals surface area contributed by atoms with Crippen LogP contribution in [0.1, 0.15) is 36.1 Å². The molecule has 0 unspecified atom stereocenters. The highest BCUT2D eigenvalue weighted by Crippen LogP contribution is 2.28. The van der Waals surface area contributed by atoms with Crippen molar-refractivity contribution in [3.8, 4) is 11.6 Å². The van der Waals surface area contributed by atoms with E-state index in [0.29, 0.717) is 5.88 Å². The maximum Gasteiger partial charge on any atom is 0.219 e. The number of aromatic nitrogens is 1. The maximum absolute atomic E-state index is 5.80. The minimum absolute atomic E-state index is 0.00143. The fourth-order valence-corrected chi connectivity index (χ4v) is 2.45. The molecule has 3 rings (SSSR count). The highest BCUT2D eigenvalue weighted by Gasteiger charge is 2.11. The van der Waals surface area contributed by atoms with Crippen LogP contribution in [0.5, 0.6) is 11.6 Å². The molecule has 0 saturated heterocycles. The predicted octanol–water partition coefficient (Wildman–Crippen LogP) is 3.38. The summed E-state index contributed by atoms with van der Waals surface area (Å²) in [4.78, 5) is 4.29. The van der Waals surface area contributed by atoms with Crippen molar-refractivity contribution in [2.24, 2.45) is 5.73 Å². The molecule has 0 saturated carbocycles. The maximum atomic E-state index is 5.80. The van der Waals surface area contributed by atoms with Gasteiger partial charge in [-0.15, -0.1) is 0 Å². The standard InChI is InChI=1S/C16H18N2O/c1-11(17)14-6-8-16(18-10-14)19-15-7-5-12-3-2-4-13(12)9-15/h5-11H,2-4,17H2,1H3/t11-/m1/s1. The molecule has 98 valence electrons. The monoisotopic (exact) mass is 254 g/mol. The van der Waals surface area contributed by atoms with E-state index in [1.807, 2.05) is 25.1 Å². The van der Waals surface area contributed by atoms with Crippen LogP contribution in [0.2, 0.25) is 0 Å². The Balaban J connectivity index is 1.77. The van der Waals surface area contributed by atoms with Gasteiger partial charge in [-0.3, -0.25) is 0 Å². The van der Waals surface area contributed by atoms with E-state index in [1.54, 1.807) is 6.20 Å². The Bertz CT molecular complexity index is 576. The second-order valence-corrected chi connectivity index (χ2v) is 5.10. The van der Waals surface area contributed by atoms with Crippen molar-refractivity contribution < 1.29 is 4.74 Å². The molecule has 0 aliphatic heterocycles. The number of aryl methyl sites for hydroxylation is 2. The number of nitrogens with two attached hydrogens (primary N) is 1. The van der Waals surface area contributed by atoms with Crippen molar-refractivity contribution in [3.05, 3.63) is 53.2 Å². The largest absolute Gasteiger partial charge is 0.439 e. The first kappa shape index (κ1) is 12.2. The zero-order valence-corrected chi connectivity index (χ0v) is 11.1. The van der Waals surface area contributed by atoms with E-state index < -0.39 is 0 Å². The van der Waals surface area contributed by atoms with Gasteiger partial charge in [-0.1, -0.05) is 12.1 Å². The van der Waals surface area contributed by atoms with E-state index in [4.69, 9.17) is 10.5 Å². The van der Waals surface area contributed by atoms with Crippen molar-refractivity contribution >= 4 is 0 Å². The Kier molecular flexibility index (Phi) is 3.22. The Morgan fingerprint density at radius 2 is 2.00 bits per heavy atom. The van der Waals surface area contributed by atoms with Crippen LogP contribution < -0.4 is 10.5 Å². The second-order valence-electron chi connectivity index (χ2n) is 5.10. The molecule has 0 spiro atoms. The lowest BCUT2D eigenvalue weighted by Crippen LogP contribution is -2.05. The van der Waals surface area contributed by atoms with E-state index in [2.05, 4.69) is 17.1 Å². The number of fused-ring (bicyclic) bond motifs is 1. The first-order chi connectivity index (χ1) is 9.22. The molecule has 0 radical (unpaired) electrons. The lowest BCUT2D eigenvalue weighted by Gasteiger charge is -2.08. The van der Waals surface area contributed by atoms with Crippen LogP contribution in [-0.2, 0) is 12.8 Å². The van der Waals surface area contributed by atoms with Gasteiger partial charge in [0.15, 0.2) is 0 Å². The number of ether oxygens (including phenoxy) is 1. The highest BCUT2D eigenvalue weighted by atomic mass is 16.5. The molecular weight excluding hydrogens is 236 g/mol. The summed E-state index contributed by atoms with van der Waals surface area (Å²) >= 11 is 0. The van der Waals surface area contributed by atoms with Crippen LogP contribution in [0, 0.1) is 0 Å². The highest BCUT2D eigenvalue weighted by molar-refractivity contribution is 5.39. The van der Waals surface area contributed by atoms with E-state index >= 15 is 0 Å². The van der Waals surface area contributed by atoms with E-state index in [9.17, 15) is 0 Å². The van der Waals surface area contributed by atoms with Gasteiger partial charge in [0.05, 0.1) is 0 Å². The number of hydrogen-bond donors (Lipinski definition) is 1. The average Bonchev–Trinajstić information content (AvgIpc) is 2.87. The molecule has 2 N–H and O–H groups in total. The number of pyridine rings is 1. The van der Waals surface area contributed by atoms with Gasteiger partial charge in [0, 0.05) is 18.3 Å². The summed E-state index contributed by atoms with van der Waals surface area (Å²) < 4.78 is 5.79. The predicted molar refractivity (Wildman–Crippen MR) is 75.4 cm³/mol. The lowest BCUT2D eigenvalue weighted by molar-refractivity contribution is 0.461. The first-order valence-corrected chi connectivity index (χ1v) is 6.73. The average molecular weight is 254 g/mol. The van der Waals surface area contributed by atoms with Gasteiger partial charge in [0.1, 0.15) is 5.75 Å². The normalized spacial score (nSPS) is 15.1.